The summed E-state index contributed by atoms with van der Waals surface area (Å²) in [7, 11) is 0. The fraction of sp³-hybridized carbons (Fsp3) is 0.667. The van der Waals surface area contributed by atoms with Crippen molar-refractivity contribution in [2.75, 3.05) is 0 Å². The molecule has 1 radical (unpaired) electrons. The van der Waals surface area contributed by atoms with Crippen molar-refractivity contribution < 1.29 is 20.4 Å². The molecule has 1 heteroatoms. The number of hydrogen-bond donors (Lipinski definition) is 0. The predicted octanol–water partition coefficient (Wildman–Crippen LogP) is 3.75. The van der Waals surface area contributed by atoms with E-state index in [1.54, 1.807) is 0 Å². The van der Waals surface area contributed by atoms with E-state index in [2.05, 4.69) is 47.6 Å². The van der Waals surface area contributed by atoms with Gasteiger partial charge >= 0.3 is 0 Å². The third-order valence-corrected chi connectivity index (χ3v) is 3.61. The molecule has 13 heavy (non-hydrogen) atoms. The van der Waals surface area contributed by atoms with Crippen LogP contribution in [-0.4, -0.2) is 0 Å². The fourth-order valence-corrected chi connectivity index (χ4v) is 1.70. The normalized spacial score (nSPS) is 26.6. The van der Waals surface area contributed by atoms with E-state index in [0.29, 0.717) is 11.3 Å². The molecule has 0 heterocycles. The Labute approximate surface area is 96.1 Å². The van der Waals surface area contributed by atoms with Crippen LogP contribution in [0.15, 0.2) is 16.7 Å². The molecule has 1 rings (SSSR count). The molecule has 0 aromatic carbocycles. The van der Waals surface area contributed by atoms with Gasteiger partial charge in [0.25, 0.3) is 0 Å². The summed E-state index contributed by atoms with van der Waals surface area (Å²) in [6.45, 7) is 13.5. The molecule has 0 saturated heterocycles. The van der Waals surface area contributed by atoms with Gasteiger partial charge in [-0.25, -0.2) is 5.57 Å². The molecule has 0 aliphatic heterocycles. The van der Waals surface area contributed by atoms with Crippen LogP contribution in [0.25, 0.3) is 0 Å². The molecule has 0 N–H and O–H groups in total. The van der Waals surface area contributed by atoms with E-state index in [4.69, 9.17) is 0 Å². The van der Waals surface area contributed by atoms with Gasteiger partial charge in [0.05, 0.1) is 0 Å². The summed E-state index contributed by atoms with van der Waals surface area (Å²) in [5.74, 6) is 0.543. The van der Waals surface area contributed by atoms with Crippen molar-refractivity contribution in [1.29, 1.82) is 0 Å². The van der Waals surface area contributed by atoms with Gasteiger partial charge in [0.1, 0.15) is 0 Å². The zero-order valence-electron chi connectivity index (χ0n) is 9.46. The molecule has 1 aliphatic rings. The van der Waals surface area contributed by atoms with Gasteiger partial charge in [-0.1, -0.05) is 40.5 Å². The Morgan fingerprint density at radius 1 is 1.15 bits per heavy atom. The van der Waals surface area contributed by atoms with E-state index in [-0.39, 0.29) is 20.4 Å². The molecule has 0 saturated carbocycles. The van der Waals surface area contributed by atoms with Gasteiger partial charge in [0.2, 0.25) is 0 Å². The summed E-state index contributed by atoms with van der Waals surface area (Å²) >= 11 is 0. The maximum absolute atomic E-state index is 3.51. The van der Waals surface area contributed by atoms with Crippen LogP contribution in [0.5, 0.6) is 0 Å². The average Bonchev–Trinajstić information content (AvgIpc) is 1.99. The van der Waals surface area contributed by atoms with Crippen LogP contribution in [0.1, 0.15) is 41.5 Å². The van der Waals surface area contributed by atoms with Crippen LogP contribution in [0.4, 0.5) is 0 Å². The Morgan fingerprint density at radius 2 is 1.62 bits per heavy atom. The van der Waals surface area contributed by atoms with E-state index in [1.807, 2.05) is 0 Å². The molecule has 75 valence electrons. The Hall–Kier alpha value is 0.142. The van der Waals surface area contributed by atoms with E-state index < -0.39 is 0 Å². The summed E-state index contributed by atoms with van der Waals surface area (Å²) in [5, 5.41) is 0. The van der Waals surface area contributed by atoms with Crippen molar-refractivity contribution in [3.63, 3.8) is 0 Å². The van der Waals surface area contributed by atoms with E-state index in [9.17, 15) is 0 Å². The Kier molecular flexibility index (Phi) is 4.16. The minimum absolute atomic E-state index is 0. The minimum atomic E-state index is 0. The van der Waals surface area contributed by atoms with Crippen molar-refractivity contribution in [3.05, 3.63) is 22.8 Å². The summed E-state index contributed by atoms with van der Waals surface area (Å²) in [6, 6.07) is 0. The SMILES string of the molecule is CC1=[C-]C(C)C(C)(C)C(C)=C1C.[Re]. The summed E-state index contributed by atoms with van der Waals surface area (Å²) in [6.07, 6.45) is 3.51. The maximum Gasteiger partial charge on any atom is 0 e. The largest absolute Gasteiger partial charge is 0.268 e. The molecule has 0 fully saturated rings. The molecular weight excluding hydrogens is 330 g/mol. The van der Waals surface area contributed by atoms with Gasteiger partial charge in [-0.05, 0) is 5.41 Å². The third-order valence-electron chi connectivity index (χ3n) is 3.61. The molecule has 0 aromatic heterocycles. The van der Waals surface area contributed by atoms with Gasteiger partial charge in [-0.15, -0.1) is 12.5 Å². The molecular formula is C12H19Re-. The molecule has 1 atom stereocenters. The van der Waals surface area contributed by atoms with Gasteiger partial charge in [0, 0.05) is 20.4 Å². The smallest absolute Gasteiger partial charge is 0 e. The molecule has 1 unspecified atom stereocenters. The van der Waals surface area contributed by atoms with E-state index >= 15 is 0 Å². The molecule has 0 amide bonds. The van der Waals surface area contributed by atoms with Crippen LogP contribution in [0, 0.1) is 17.4 Å². The first-order valence-corrected chi connectivity index (χ1v) is 4.65. The zero-order valence-corrected chi connectivity index (χ0v) is 12.2. The first-order chi connectivity index (χ1) is 5.37. The van der Waals surface area contributed by atoms with Crippen LogP contribution < -0.4 is 0 Å². The van der Waals surface area contributed by atoms with E-state index in [1.165, 1.54) is 16.7 Å². The van der Waals surface area contributed by atoms with Gasteiger partial charge in [-0.2, -0.15) is 5.57 Å². The van der Waals surface area contributed by atoms with Crippen molar-refractivity contribution in [2.24, 2.45) is 11.3 Å². The Morgan fingerprint density at radius 3 is 2.08 bits per heavy atom. The van der Waals surface area contributed by atoms with Crippen LogP contribution >= 0.6 is 0 Å². The van der Waals surface area contributed by atoms with Crippen LogP contribution in [-0.2, 0) is 20.4 Å². The Bertz CT molecular complexity index is 256. The molecule has 0 nitrogen and oxygen atoms in total. The second-order valence-electron chi connectivity index (χ2n) is 4.46. The second-order valence-corrected chi connectivity index (χ2v) is 4.46. The predicted molar refractivity (Wildman–Crippen MR) is 53.7 cm³/mol. The van der Waals surface area contributed by atoms with Gasteiger partial charge < -0.3 is 0 Å². The molecule has 1 aliphatic carbocycles. The number of rotatable bonds is 0. The van der Waals surface area contributed by atoms with Crippen molar-refractivity contribution in [3.8, 4) is 0 Å². The first kappa shape index (κ1) is 13.1. The molecule has 0 bridgehead atoms. The van der Waals surface area contributed by atoms with E-state index in [0.717, 1.165) is 0 Å². The minimum Gasteiger partial charge on any atom is -0.268 e. The first-order valence-electron chi connectivity index (χ1n) is 4.65. The summed E-state index contributed by atoms with van der Waals surface area (Å²) < 4.78 is 0. The van der Waals surface area contributed by atoms with Crippen LogP contribution in [0.2, 0.25) is 0 Å². The maximum atomic E-state index is 3.51. The standard InChI is InChI=1S/C12H19.Re/c1-8-7-9(2)12(5,6)11(4)10(8)3;/h9H,1-6H3;/q-1;. The summed E-state index contributed by atoms with van der Waals surface area (Å²) in [4.78, 5) is 0. The summed E-state index contributed by atoms with van der Waals surface area (Å²) in [5.41, 5.74) is 4.58. The zero-order chi connectivity index (χ0) is 9.52. The quantitative estimate of drug-likeness (QED) is 0.585. The second kappa shape index (κ2) is 4.11. The fourth-order valence-electron chi connectivity index (χ4n) is 1.70. The van der Waals surface area contributed by atoms with Crippen molar-refractivity contribution >= 4 is 0 Å². The van der Waals surface area contributed by atoms with Gasteiger partial charge in [0.15, 0.2) is 0 Å². The van der Waals surface area contributed by atoms with Crippen LogP contribution in [0.3, 0.4) is 0 Å². The monoisotopic (exact) mass is 350 g/mol. The van der Waals surface area contributed by atoms with Crippen molar-refractivity contribution in [2.45, 2.75) is 41.5 Å². The third kappa shape index (κ3) is 2.14. The number of hydrogen-bond acceptors (Lipinski definition) is 0. The van der Waals surface area contributed by atoms with Gasteiger partial charge in [-0.3, -0.25) is 6.08 Å². The molecule has 0 spiro atoms. The Balaban J connectivity index is 0.00000144. The topological polar surface area (TPSA) is 0 Å². The molecule has 0 aromatic rings. The average molecular weight is 349 g/mol. The number of allylic oxidation sites excluding steroid dienone is 4. The van der Waals surface area contributed by atoms with Crippen molar-refractivity contribution in [1.82, 2.24) is 0 Å².